The fourth-order valence-electron chi connectivity index (χ4n) is 2.21. The highest BCUT2D eigenvalue weighted by Crippen LogP contribution is 2.26. The van der Waals surface area contributed by atoms with Crippen LogP contribution in [0.1, 0.15) is 52.9 Å². The van der Waals surface area contributed by atoms with Gasteiger partial charge in [0.2, 0.25) is 0 Å². The number of para-hydroxylation sites is 2. The predicted octanol–water partition coefficient (Wildman–Crippen LogP) is 4.41. The zero-order chi connectivity index (χ0) is 15.3. The van der Waals surface area contributed by atoms with E-state index in [1.54, 1.807) is 0 Å². The minimum atomic E-state index is 0.611. The van der Waals surface area contributed by atoms with Crippen LogP contribution in [-0.2, 0) is 0 Å². The first-order valence-electron chi connectivity index (χ1n) is 8.39. The molecule has 0 aliphatic heterocycles. The standard InChI is InChI=1S/C18H31NO2/c1-4-13-19-16(6-3)10-9-15-21-18-12-8-7-11-17(18)20-14-5-2/h7-8,11-12,16,19H,4-6,9-10,13-15H2,1-3H3. The normalized spacial score (nSPS) is 12.1. The van der Waals surface area contributed by atoms with Crippen LogP contribution < -0.4 is 14.8 Å². The van der Waals surface area contributed by atoms with E-state index in [1.807, 2.05) is 24.3 Å². The molecule has 0 bridgehead atoms. The Kier molecular flexibility index (Phi) is 9.71. The average molecular weight is 293 g/mol. The van der Waals surface area contributed by atoms with Crippen LogP contribution in [0.2, 0.25) is 0 Å². The minimum Gasteiger partial charge on any atom is -0.490 e. The second-order valence-corrected chi connectivity index (χ2v) is 5.35. The molecular formula is C18H31NO2. The van der Waals surface area contributed by atoms with Gasteiger partial charge in [-0.05, 0) is 50.8 Å². The summed E-state index contributed by atoms with van der Waals surface area (Å²) in [6.45, 7) is 9.14. The van der Waals surface area contributed by atoms with Crippen molar-refractivity contribution < 1.29 is 9.47 Å². The van der Waals surface area contributed by atoms with Crippen molar-refractivity contribution in [2.24, 2.45) is 0 Å². The molecule has 0 aliphatic carbocycles. The van der Waals surface area contributed by atoms with E-state index in [2.05, 4.69) is 26.1 Å². The molecule has 0 saturated carbocycles. The Balaban J connectivity index is 2.31. The van der Waals surface area contributed by atoms with Crippen molar-refractivity contribution >= 4 is 0 Å². The van der Waals surface area contributed by atoms with Crippen LogP contribution in [0, 0.1) is 0 Å². The van der Waals surface area contributed by atoms with Gasteiger partial charge >= 0.3 is 0 Å². The molecule has 120 valence electrons. The highest BCUT2D eigenvalue weighted by molar-refractivity contribution is 5.39. The Labute approximate surface area is 130 Å². The van der Waals surface area contributed by atoms with Crippen LogP contribution >= 0.6 is 0 Å². The van der Waals surface area contributed by atoms with Gasteiger partial charge in [-0.3, -0.25) is 0 Å². The number of rotatable bonds is 12. The fraction of sp³-hybridized carbons (Fsp3) is 0.667. The van der Waals surface area contributed by atoms with E-state index >= 15 is 0 Å². The van der Waals surface area contributed by atoms with Crippen molar-refractivity contribution in [2.75, 3.05) is 19.8 Å². The van der Waals surface area contributed by atoms with Crippen molar-refractivity contribution in [3.05, 3.63) is 24.3 Å². The van der Waals surface area contributed by atoms with Crippen LogP contribution in [0.5, 0.6) is 11.5 Å². The Morgan fingerprint density at radius 3 is 2.19 bits per heavy atom. The third-order valence-corrected chi connectivity index (χ3v) is 3.44. The number of benzene rings is 1. The summed E-state index contributed by atoms with van der Waals surface area (Å²) in [6.07, 6.45) is 5.60. The van der Waals surface area contributed by atoms with Gasteiger partial charge in [-0.25, -0.2) is 0 Å². The summed E-state index contributed by atoms with van der Waals surface area (Å²) in [7, 11) is 0. The average Bonchev–Trinajstić information content (AvgIpc) is 2.53. The van der Waals surface area contributed by atoms with Crippen molar-refractivity contribution in [3.63, 3.8) is 0 Å². The molecule has 21 heavy (non-hydrogen) atoms. The maximum Gasteiger partial charge on any atom is 0.161 e. The molecule has 0 radical (unpaired) electrons. The molecule has 0 saturated heterocycles. The molecule has 3 heteroatoms. The molecule has 1 aromatic rings. The van der Waals surface area contributed by atoms with E-state index in [1.165, 1.54) is 12.8 Å². The Bertz CT molecular complexity index is 368. The van der Waals surface area contributed by atoms with Crippen LogP contribution in [0.15, 0.2) is 24.3 Å². The van der Waals surface area contributed by atoms with Crippen LogP contribution in [0.3, 0.4) is 0 Å². The molecule has 0 heterocycles. The summed E-state index contributed by atoms with van der Waals surface area (Å²) in [5, 5.41) is 3.58. The van der Waals surface area contributed by atoms with Gasteiger partial charge in [-0.1, -0.05) is 32.9 Å². The monoisotopic (exact) mass is 293 g/mol. The van der Waals surface area contributed by atoms with Gasteiger partial charge in [0, 0.05) is 6.04 Å². The Hall–Kier alpha value is -1.22. The first-order valence-corrected chi connectivity index (χ1v) is 8.39. The second kappa shape index (κ2) is 11.4. The molecule has 1 unspecified atom stereocenters. The van der Waals surface area contributed by atoms with E-state index in [9.17, 15) is 0 Å². The molecule has 0 aliphatic rings. The van der Waals surface area contributed by atoms with E-state index in [-0.39, 0.29) is 0 Å². The molecule has 0 spiro atoms. The lowest BCUT2D eigenvalue weighted by Gasteiger charge is -2.17. The van der Waals surface area contributed by atoms with E-state index in [0.717, 1.165) is 50.5 Å². The zero-order valence-electron chi connectivity index (χ0n) is 13.9. The maximum absolute atomic E-state index is 5.88. The minimum absolute atomic E-state index is 0.611. The van der Waals surface area contributed by atoms with Gasteiger partial charge in [-0.15, -0.1) is 0 Å². The second-order valence-electron chi connectivity index (χ2n) is 5.35. The zero-order valence-corrected chi connectivity index (χ0v) is 13.9. The summed E-state index contributed by atoms with van der Waals surface area (Å²) >= 11 is 0. The number of nitrogens with one attached hydrogen (secondary N) is 1. The number of hydrogen-bond donors (Lipinski definition) is 1. The summed E-state index contributed by atoms with van der Waals surface area (Å²) in [6, 6.07) is 8.55. The highest BCUT2D eigenvalue weighted by atomic mass is 16.5. The Morgan fingerprint density at radius 2 is 1.62 bits per heavy atom. The molecule has 1 aromatic carbocycles. The van der Waals surface area contributed by atoms with Crippen LogP contribution in [0.4, 0.5) is 0 Å². The SMILES string of the molecule is CCCNC(CC)CCCOc1ccccc1OCCC. The molecule has 0 aromatic heterocycles. The van der Waals surface area contributed by atoms with E-state index in [0.29, 0.717) is 6.04 Å². The lowest BCUT2D eigenvalue weighted by atomic mass is 10.1. The topological polar surface area (TPSA) is 30.5 Å². The smallest absolute Gasteiger partial charge is 0.161 e. The van der Waals surface area contributed by atoms with Gasteiger partial charge in [-0.2, -0.15) is 0 Å². The van der Waals surface area contributed by atoms with Crippen LogP contribution in [0.25, 0.3) is 0 Å². The predicted molar refractivity (Wildman–Crippen MR) is 89.3 cm³/mol. The van der Waals surface area contributed by atoms with E-state index < -0.39 is 0 Å². The molecule has 1 rings (SSSR count). The molecular weight excluding hydrogens is 262 g/mol. The summed E-state index contributed by atoms with van der Waals surface area (Å²) in [4.78, 5) is 0. The molecule has 3 nitrogen and oxygen atoms in total. The molecule has 0 fully saturated rings. The first kappa shape index (κ1) is 17.8. The van der Waals surface area contributed by atoms with E-state index in [4.69, 9.17) is 9.47 Å². The number of ether oxygens (including phenoxy) is 2. The lowest BCUT2D eigenvalue weighted by Crippen LogP contribution is -2.29. The van der Waals surface area contributed by atoms with Crippen LogP contribution in [-0.4, -0.2) is 25.8 Å². The summed E-state index contributed by atoms with van der Waals surface area (Å²) < 4.78 is 11.6. The van der Waals surface area contributed by atoms with Crippen molar-refractivity contribution in [1.29, 1.82) is 0 Å². The third kappa shape index (κ3) is 7.37. The quantitative estimate of drug-likeness (QED) is 0.579. The van der Waals surface area contributed by atoms with Crippen molar-refractivity contribution in [1.82, 2.24) is 5.32 Å². The fourth-order valence-corrected chi connectivity index (χ4v) is 2.21. The van der Waals surface area contributed by atoms with Gasteiger partial charge in [0.15, 0.2) is 11.5 Å². The first-order chi connectivity index (χ1) is 10.3. The van der Waals surface area contributed by atoms with Crippen molar-refractivity contribution in [2.45, 2.75) is 58.9 Å². The largest absolute Gasteiger partial charge is 0.490 e. The van der Waals surface area contributed by atoms with Gasteiger partial charge in [0.1, 0.15) is 0 Å². The molecule has 0 amide bonds. The van der Waals surface area contributed by atoms with Gasteiger partial charge in [0.05, 0.1) is 13.2 Å². The Morgan fingerprint density at radius 1 is 0.952 bits per heavy atom. The summed E-state index contributed by atoms with van der Waals surface area (Å²) in [5.41, 5.74) is 0. The number of hydrogen-bond acceptors (Lipinski definition) is 3. The van der Waals surface area contributed by atoms with Gasteiger partial charge < -0.3 is 14.8 Å². The maximum atomic E-state index is 5.88. The summed E-state index contributed by atoms with van der Waals surface area (Å²) in [5.74, 6) is 1.72. The molecule has 1 N–H and O–H groups in total. The highest BCUT2D eigenvalue weighted by Gasteiger charge is 2.06. The van der Waals surface area contributed by atoms with Crippen molar-refractivity contribution in [3.8, 4) is 11.5 Å². The molecule has 1 atom stereocenters. The third-order valence-electron chi connectivity index (χ3n) is 3.44. The van der Waals surface area contributed by atoms with Gasteiger partial charge in [0.25, 0.3) is 0 Å². The lowest BCUT2D eigenvalue weighted by molar-refractivity contribution is 0.259.